The number of nitrogens with one attached hydrogen (secondary N) is 2. The maximum atomic E-state index is 13.4. The molecule has 0 bridgehead atoms. The summed E-state index contributed by atoms with van der Waals surface area (Å²) in [5.74, 6) is -3.06. The molecule has 0 aliphatic carbocycles. The van der Waals surface area contributed by atoms with Gasteiger partial charge in [0.05, 0.1) is 22.0 Å². The molecule has 3 aromatic rings. The van der Waals surface area contributed by atoms with Gasteiger partial charge >= 0.3 is 0 Å². The van der Waals surface area contributed by atoms with E-state index in [1.54, 1.807) is 17.0 Å². The zero-order valence-electron chi connectivity index (χ0n) is 16.0. The third-order valence-electron chi connectivity index (χ3n) is 4.64. The number of nitrogens with zero attached hydrogens (tertiary/aromatic N) is 3. The Hall–Kier alpha value is -2.69. The Bertz CT molecular complexity index is 1150. The van der Waals surface area contributed by atoms with Crippen LogP contribution in [0.4, 0.5) is 29.7 Å². The minimum atomic E-state index is -2.65. The van der Waals surface area contributed by atoms with Crippen LogP contribution in [0.2, 0.25) is 5.02 Å². The first kappa shape index (κ1) is 21.5. The summed E-state index contributed by atoms with van der Waals surface area (Å²) in [7, 11) is 0. The Balaban J connectivity index is 1.42. The van der Waals surface area contributed by atoms with Gasteiger partial charge in [0, 0.05) is 31.3 Å². The monoisotopic (exact) mass is 467 g/mol. The van der Waals surface area contributed by atoms with E-state index in [1.165, 1.54) is 41.9 Å². The number of thiophene rings is 1. The van der Waals surface area contributed by atoms with Crippen molar-refractivity contribution in [1.29, 1.82) is 0 Å². The lowest BCUT2D eigenvalue weighted by atomic mass is 10.3. The number of benzene rings is 1. The van der Waals surface area contributed by atoms with E-state index in [9.17, 15) is 18.0 Å². The molecule has 0 unspecified atom stereocenters. The van der Waals surface area contributed by atoms with Gasteiger partial charge in [-0.2, -0.15) is 0 Å². The summed E-state index contributed by atoms with van der Waals surface area (Å²) in [6, 6.07) is 5.95. The van der Waals surface area contributed by atoms with Crippen LogP contribution in [0.15, 0.2) is 42.7 Å². The van der Waals surface area contributed by atoms with E-state index in [0.717, 1.165) is 0 Å². The summed E-state index contributed by atoms with van der Waals surface area (Å²) in [5, 5.41) is 7.02. The maximum absolute atomic E-state index is 13.4. The van der Waals surface area contributed by atoms with Gasteiger partial charge in [0.25, 0.3) is 5.92 Å². The van der Waals surface area contributed by atoms with Crippen molar-refractivity contribution in [2.24, 2.45) is 0 Å². The Kier molecular flexibility index (Phi) is 6.12. The Morgan fingerprint density at radius 3 is 2.90 bits per heavy atom. The molecule has 31 heavy (non-hydrogen) atoms. The molecule has 162 valence electrons. The quantitative estimate of drug-likeness (QED) is 0.496. The molecule has 2 aromatic heterocycles. The molecular formula is C20H17ClF3N5OS. The fourth-order valence-corrected chi connectivity index (χ4v) is 4.24. The second-order valence-corrected chi connectivity index (χ2v) is 8.48. The molecule has 11 heteroatoms. The van der Waals surface area contributed by atoms with E-state index in [2.05, 4.69) is 20.6 Å². The van der Waals surface area contributed by atoms with E-state index in [4.69, 9.17) is 11.6 Å². The van der Waals surface area contributed by atoms with Gasteiger partial charge in [0.1, 0.15) is 22.8 Å². The molecule has 0 spiro atoms. The fourth-order valence-electron chi connectivity index (χ4n) is 3.16. The predicted molar refractivity (Wildman–Crippen MR) is 116 cm³/mol. The molecule has 1 amide bonds. The highest BCUT2D eigenvalue weighted by Crippen LogP contribution is 2.33. The van der Waals surface area contributed by atoms with Crippen molar-refractivity contribution in [1.82, 2.24) is 14.9 Å². The molecule has 1 fully saturated rings. The highest BCUT2D eigenvalue weighted by Gasteiger charge is 2.37. The number of likely N-dealkylation sites (tertiary alicyclic amines) is 1. The third kappa shape index (κ3) is 5.33. The van der Waals surface area contributed by atoms with E-state index >= 15 is 0 Å². The number of anilines is 3. The molecule has 1 aromatic carbocycles. The first-order valence-corrected chi connectivity index (χ1v) is 10.5. The first-order chi connectivity index (χ1) is 14.8. The standard InChI is InChI=1S/C20H17ClF3N5OS/c21-14-8-12(3-4-15(14)22)27-18-13-9-17(31-19(13)26-11-25-18)28-16(30)2-1-6-29-7-5-20(23,24)10-29/h1-4,8-9,11H,5-7,10H2,(H,28,30)(H,25,26,27)/b2-1+. The summed E-state index contributed by atoms with van der Waals surface area (Å²) in [4.78, 5) is 22.8. The maximum Gasteiger partial charge on any atom is 0.261 e. The molecule has 0 radical (unpaired) electrons. The number of aromatic nitrogens is 2. The lowest BCUT2D eigenvalue weighted by Gasteiger charge is -2.12. The number of fused-ring (bicyclic) bond motifs is 1. The van der Waals surface area contributed by atoms with Crippen LogP contribution in [0, 0.1) is 5.82 Å². The van der Waals surface area contributed by atoms with Crippen LogP contribution >= 0.6 is 22.9 Å². The fraction of sp³-hybridized carbons (Fsp3) is 0.250. The summed E-state index contributed by atoms with van der Waals surface area (Å²) in [6.07, 6.45) is 4.11. The van der Waals surface area contributed by atoms with Crippen LogP contribution in [0.1, 0.15) is 6.42 Å². The number of alkyl halides is 2. The van der Waals surface area contributed by atoms with Crippen LogP contribution < -0.4 is 10.6 Å². The predicted octanol–water partition coefficient (Wildman–Crippen LogP) is 5.06. The normalized spacial score (nSPS) is 16.3. The zero-order valence-corrected chi connectivity index (χ0v) is 17.6. The number of carbonyl (C=O) groups excluding carboxylic acids is 1. The summed E-state index contributed by atoms with van der Waals surface area (Å²) < 4.78 is 39.7. The highest BCUT2D eigenvalue weighted by molar-refractivity contribution is 7.22. The number of hydrogen-bond donors (Lipinski definition) is 2. The second-order valence-electron chi connectivity index (χ2n) is 7.04. The second kappa shape index (κ2) is 8.81. The van der Waals surface area contributed by atoms with Crippen molar-refractivity contribution < 1.29 is 18.0 Å². The molecule has 1 aliphatic heterocycles. The number of rotatable bonds is 6. The van der Waals surface area contributed by atoms with E-state index in [1.807, 2.05) is 0 Å². The number of amides is 1. The van der Waals surface area contributed by atoms with Crippen LogP contribution in [0.5, 0.6) is 0 Å². The Morgan fingerprint density at radius 2 is 2.16 bits per heavy atom. The average Bonchev–Trinajstić information content (AvgIpc) is 3.27. The minimum absolute atomic E-state index is 0.0157. The minimum Gasteiger partial charge on any atom is -0.340 e. The molecule has 4 rings (SSSR count). The topological polar surface area (TPSA) is 70.2 Å². The summed E-state index contributed by atoms with van der Waals surface area (Å²) >= 11 is 7.08. The van der Waals surface area contributed by atoms with Crippen LogP contribution in [-0.4, -0.2) is 46.3 Å². The molecule has 0 saturated carbocycles. The van der Waals surface area contributed by atoms with Crippen molar-refractivity contribution in [2.45, 2.75) is 12.3 Å². The van der Waals surface area contributed by atoms with Gasteiger partial charge in [0.2, 0.25) is 5.91 Å². The highest BCUT2D eigenvalue weighted by atomic mass is 35.5. The van der Waals surface area contributed by atoms with Crippen molar-refractivity contribution >= 4 is 55.6 Å². The Morgan fingerprint density at radius 1 is 1.32 bits per heavy atom. The number of carbonyl (C=O) groups is 1. The molecule has 2 N–H and O–H groups in total. The molecule has 6 nitrogen and oxygen atoms in total. The third-order valence-corrected chi connectivity index (χ3v) is 5.89. The van der Waals surface area contributed by atoms with Gasteiger partial charge in [-0.3, -0.25) is 9.69 Å². The van der Waals surface area contributed by atoms with Gasteiger partial charge < -0.3 is 10.6 Å². The number of halogens is 4. The molecule has 0 atom stereocenters. The van der Waals surface area contributed by atoms with Gasteiger partial charge in [-0.25, -0.2) is 23.1 Å². The molecule has 1 aliphatic rings. The van der Waals surface area contributed by atoms with Crippen molar-refractivity contribution in [3.05, 3.63) is 53.6 Å². The lowest BCUT2D eigenvalue weighted by Crippen LogP contribution is -2.25. The average molecular weight is 468 g/mol. The van der Waals surface area contributed by atoms with E-state index in [-0.39, 0.29) is 30.4 Å². The van der Waals surface area contributed by atoms with Gasteiger partial charge in [-0.1, -0.05) is 29.0 Å². The first-order valence-electron chi connectivity index (χ1n) is 9.33. The summed E-state index contributed by atoms with van der Waals surface area (Å²) in [5.41, 5.74) is 0.554. The van der Waals surface area contributed by atoms with Crippen molar-refractivity contribution in [3.63, 3.8) is 0 Å². The molecule has 3 heterocycles. The smallest absolute Gasteiger partial charge is 0.261 e. The van der Waals surface area contributed by atoms with Crippen molar-refractivity contribution in [2.75, 3.05) is 30.3 Å². The van der Waals surface area contributed by atoms with Crippen molar-refractivity contribution in [3.8, 4) is 0 Å². The number of hydrogen-bond acceptors (Lipinski definition) is 6. The van der Waals surface area contributed by atoms with Gasteiger partial charge in [0.15, 0.2) is 0 Å². The van der Waals surface area contributed by atoms with E-state index in [0.29, 0.717) is 33.3 Å². The molecule has 1 saturated heterocycles. The van der Waals surface area contributed by atoms with Crippen LogP contribution in [-0.2, 0) is 4.79 Å². The SMILES string of the molecule is O=C(/C=C/CN1CCC(F)(F)C1)Nc1cc2c(Nc3ccc(F)c(Cl)c3)ncnc2s1. The zero-order chi connectivity index (χ0) is 22.0. The summed E-state index contributed by atoms with van der Waals surface area (Å²) in [6.45, 7) is 0.307. The Labute approximate surface area is 184 Å². The lowest BCUT2D eigenvalue weighted by molar-refractivity contribution is -0.111. The van der Waals surface area contributed by atoms with Crippen LogP contribution in [0.25, 0.3) is 10.2 Å². The van der Waals surface area contributed by atoms with Gasteiger partial charge in [-0.05, 0) is 24.3 Å². The van der Waals surface area contributed by atoms with E-state index < -0.39 is 11.7 Å². The van der Waals surface area contributed by atoms with Crippen LogP contribution in [0.3, 0.4) is 0 Å². The van der Waals surface area contributed by atoms with Gasteiger partial charge in [-0.15, -0.1) is 0 Å². The largest absolute Gasteiger partial charge is 0.340 e. The molecular weight excluding hydrogens is 451 g/mol.